The standard InChI is InChI=1S/C8H8O2.C8H8O.C2H6/c1-2-4-8-7(3-1)9-5-6-10-8;1-2-4-8-7(3-1)5-6-9-8;1-2/h1-4H,5-6H2;1-4H,5-6H2;1-2H3. The quantitative estimate of drug-likeness (QED) is 0.729. The molecular weight excluding hydrogens is 264 g/mol. The summed E-state index contributed by atoms with van der Waals surface area (Å²) in [6.45, 7) is 6.19. The second-order valence-corrected chi connectivity index (χ2v) is 4.35. The number of benzene rings is 2. The molecule has 2 aromatic rings. The minimum absolute atomic E-state index is 0.664. The van der Waals surface area contributed by atoms with Crippen LogP contribution in [-0.2, 0) is 6.42 Å². The van der Waals surface area contributed by atoms with Gasteiger partial charge in [0.15, 0.2) is 11.5 Å². The highest BCUT2D eigenvalue weighted by Crippen LogP contribution is 2.28. The molecule has 0 amide bonds. The van der Waals surface area contributed by atoms with E-state index in [9.17, 15) is 0 Å². The van der Waals surface area contributed by atoms with Crippen molar-refractivity contribution in [2.24, 2.45) is 0 Å². The maximum absolute atomic E-state index is 5.30. The Morgan fingerprint density at radius 3 is 1.67 bits per heavy atom. The van der Waals surface area contributed by atoms with Gasteiger partial charge in [0.05, 0.1) is 6.61 Å². The summed E-state index contributed by atoms with van der Waals surface area (Å²) in [6.07, 6.45) is 1.08. The Morgan fingerprint density at radius 1 is 0.619 bits per heavy atom. The first kappa shape index (κ1) is 15.2. The van der Waals surface area contributed by atoms with Gasteiger partial charge in [-0.2, -0.15) is 0 Å². The van der Waals surface area contributed by atoms with Crippen molar-refractivity contribution >= 4 is 0 Å². The Morgan fingerprint density at radius 2 is 1.10 bits per heavy atom. The first-order chi connectivity index (χ1) is 10.4. The van der Waals surface area contributed by atoms with Crippen molar-refractivity contribution in [3.05, 3.63) is 54.1 Å². The van der Waals surface area contributed by atoms with Crippen LogP contribution in [0.25, 0.3) is 0 Å². The van der Waals surface area contributed by atoms with E-state index < -0.39 is 0 Å². The van der Waals surface area contributed by atoms with Crippen LogP contribution in [0.4, 0.5) is 0 Å². The van der Waals surface area contributed by atoms with Crippen LogP contribution in [0.15, 0.2) is 48.5 Å². The second-order valence-electron chi connectivity index (χ2n) is 4.35. The summed E-state index contributed by atoms with van der Waals surface area (Å²) < 4.78 is 15.9. The number of hydrogen-bond acceptors (Lipinski definition) is 3. The molecule has 2 aromatic carbocycles. The molecule has 0 N–H and O–H groups in total. The van der Waals surface area contributed by atoms with Crippen LogP contribution >= 0.6 is 0 Å². The molecule has 0 spiro atoms. The largest absolute Gasteiger partial charge is 0.493 e. The third-order valence-corrected chi connectivity index (χ3v) is 3.05. The fourth-order valence-electron chi connectivity index (χ4n) is 2.11. The van der Waals surface area contributed by atoms with Crippen LogP contribution in [0.3, 0.4) is 0 Å². The average molecular weight is 286 g/mol. The maximum atomic E-state index is 5.30. The van der Waals surface area contributed by atoms with E-state index in [0.29, 0.717) is 13.2 Å². The van der Waals surface area contributed by atoms with Gasteiger partial charge in [0.2, 0.25) is 0 Å². The molecular formula is C18H22O3. The molecule has 0 radical (unpaired) electrons. The van der Waals surface area contributed by atoms with Gasteiger partial charge < -0.3 is 14.2 Å². The Kier molecular flexibility index (Phi) is 5.95. The molecule has 2 heterocycles. The number of para-hydroxylation sites is 3. The van der Waals surface area contributed by atoms with Crippen molar-refractivity contribution in [1.82, 2.24) is 0 Å². The van der Waals surface area contributed by atoms with E-state index >= 15 is 0 Å². The van der Waals surface area contributed by atoms with Gasteiger partial charge in [-0.3, -0.25) is 0 Å². The topological polar surface area (TPSA) is 27.7 Å². The summed E-state index contributed by atoms with van der Waals surface area (Å²) in [5, 5.41) is 0. The molecule has 2 aliphatic rings. The predicted octanol–water partition coefficient (Wildman–Crippen LogP) is 4.11. The van der Waals surface area contributed by atoms with Crippen LogP contribution in [0.2, 0.25) is 0 Å². The molecule has 3 heteroatoms. The highest BCUT2D eigenvalue weighted by Gasteiger charge is 2.08. The zero-order chi connectivity index (χ0) is 14.9. The van der Waals surface area contributed by atoms with Crippen molar-refractivity contribution in [3.63, 3.8) is 0 Å². The van der Waals surface area contributed by atoms with Crippen LogP contribution < -0.4 is 14.2 Å². The zero-order valence-electron chi connectivity index (χ0n) is 12.7. The lowest BCUT2D eigenvalue weighted by Crippen LogP contribution is -2.14. The second kappa shape index (κ2) is 8.20. The van der Waals surface area contributed by atoms with Crippen LogP contribution in [0, 0.1) is 0 Å². The Balaban J connectivity index is 0.000000138. The van der Waals surface area contributed by atoms with Crippen LogP contribution in [-0.4, -0.2) is 19.8 Å². The van der Waals surface area contributed by atoms with Gasteiger partial charge in [0.25, 0.3) is 0 Å². The molecule has 4 rings (SSSR count). The van der Waals surface area contributed by atoms with Crippen molar-refractivity contribution in [3.8, 4) is 17.2 Å². The molecule has 2 aliphatic heterocycles. The Hall–Kier alpha value is -2.16. The lowest BCUT2D eigenvalue weighted by Gasteiger charge is -2.17. The van der Waals surface area contributed by atoms with Gasteiger partial charge in [-0.05, 0) is 23.8 Å². The third kappa shape index (κ3) is 4.15. The van der Waals surface area contributed by atoms with Crippen molar-refractivity contribution in [2.75, 3.05) is 19.8 Å². The number of fused-ring (bicyclic) bond motifs is 2. The van der Waals surface area contributed by atoms with Gasteiger partial charge in [-0.15, -0.1) is 0 Å². The monoisotopic (exact) mass is 286 g/mol. The highest BCUT2D eigenvalue weighted by molar-refractivity contribution is 5.40. The van der Waals surface area contributed by atoms with Gasteiger partial charge >= 0.3 is 0 Å². The third-order valence-electron chi connectivity index (χ3n) is 3.05. The van der Waals surface area contributed by atoms with Gasteiger partial charge in [0, 0.05) is 6.42 Å². The highest BCUT2D eigenvalue weighted by atomic mass is 16.6. The molecule has 0 bridgehead atoms. The summed E-state index contributed by atoms with van der Waals surface area (Å²) >= 11 is 0. The van der Waals surface area contributed by atoms with Crippen LogP contribution in [0.5, 0.6) is 17.2 Å². The van der Waals surface area contributed by atoms with E-state index in [1.165, 1.54) is 5.56 Å². The molecule has 0 fully saturated rings. The lowest BCUT2D eigenvalue weighted by atomic mass is 10.2. The molecule has 0 saturated carbocycles. The minimum Gasteiger partial charge on any atom is -0.493 e. The van der Waals surface area contributed by atoms with Gasteiger partial charge in [-0.25, -0.2) is 0 Å². The normalized spacial score (nSPS) is 13.6. The summed E-state index contributed by atoms with van der Waals surface area (Å²) in [4.78, 5) is 0. The molecule has 0 aliphatic carbocycles. The molecule has 0 saturated heterocycles. The van der Waals surface area contributed by atoms with Gasteiger partial charge in [0.1, 0.15) is 19.0 Å². The summed E-state index contributed by atoms with van der Waals surface area (Å²) in [5.41, 5.74) is 1.34. The summed E-state index contributed by atoms with van der Waals surface area (Å²) in [7, 11) is 0. The maximum Gasteiger partial charge on any atom is 0.161 e. The lowest BCUT2D eigenvalue weighted by molar-refractivity contribution is 0.171. The molecule has 21 heavy (non-hydrogen) atoms. The van der Waals surface area contributed by atoms with E-state index in [4.69, 9.17) is 14.2 Å². The summed E-state index contributed by atoms with van der Waals surface area (Å²) in [5.74, 6) is 2.78. The van der Waals surface area contributed by atoms with Crippen LogP contribution in [0.1, 0.15) is 19.4 Å². The van der Waals surface area contributed by atoms with E-state index in [1.54, 1.807) is 0 Å². The molecule has 3 nitrogen and oxygen atoms in total. The summed E-state index contributed by atoms with van der Waals surface area (Å²) in [6, 6.07) is 15.9. The van der Waals surface area contributed by atoms with Crippen molar-refractivity contribution < 1.29 is 14.2 Å². The van der Waals surface area contributed by atoms with Crippen molar-refractivity contribution in [1.29, 1.82) is 0 Å². The number of rotatable bonds is 0. The fraction of sp³-hybridized carbons (Fsp3) is 0.333. The SMILES string of the molecule is CC.c1ccc2c(c1)CCO2.c1ccc2c(c1)OCCO2. The van der Waals surface area contributed by atoms with E-state index in [1.807, 2.05) is 56.3 Å². The first-order valence-electron chi connectivity index (χ1n) is 7.49. The van der Waals surface area contributed by atoms with E-state index in [-0.39, 0.29) is 0 Å². The Bertz CT molecular complexity index is 504. The molecule has 0 atom stereocenters. The average Bonchev–Trinajstić information content (AvgIpc) is 3.06. The van der Waals surface area contributed by atoms with Crippen molar-refractivity contribution in [2.45, 2.75) is 20.3 Å². The fourth-order valence-corrected chi connectivity index (χ4v) is 2.11. The van der Waals surface area contributed by atoms with E-state index in [0.717, 1.165) is 30.3 Å². The minimum atomic E-state index is 0.664. The predicted molar refractivity (Wildman–Crippen MR) is 84.4 cm³/mol. The molecule has 0 unspecified atom stereocenters. The molecule has 112 valence electrons. The first-order valence-corrected chi connectivity index (χ1v) is 7.49. The van der Waals surface area contributed by atoms with Gasteiger partial charge in [-0.1, -0.05) is 44.2 Å². The number of hydrogen-bond donors (Lipinski definition) is 0. The Labute approximate surface area is 126 Å². The zero-order valence-corrected chi connectivity index (χ0v) is 12.7. The molecule has 0 aromatic heterocycles. The van der Waals surface area contributed by atoms with E-state index in [2.05, 4.69) is 6.07 Å². The number of ether oxygens (including phenoxy) is 3. The smallest absolute Gasteiger partial charge is 0.161 e.